The van der Waals surface area contributed by atoms with Crippen LogP contribution in [0.5, 0.6) is 0 Å². The predicted octanol–water partition coefficient (Wildman–Crippen LogP) is 3.47. The fraction of sp³-hybridized carbons (Fsp3) is 0.130. The normalized spacial score (nSPS) is 13.4. The van der Waals surface area contributed by atoms with Crippen molar-refractivity contribution in [3.8, 4) is 5.69 Å². The average molecular weight is 444 g/mol. The maximum Gasteiger partial charge on any atom is 0.270 e. The summed E-state index contributed by atoms with van der Waals surface area (Å²) in [5.41, 5.74) is 4.27. The summed E-state index contributed by atoms with van der Waals surface area (Å²) in [5, 5.41) is 7.48. The molecule has 0 saturated heterocycles. The van der Waals surface area contributed by atoms with Crippen LogP contribution in [0.4, 0.5) is 11.6 Å². The number of nitrogens with zero attached hydrogens (tertiary/aromatic N) is 5. The van der Waals surface area contributed by atoms with Gasteiger partial charge in [-0.05, 0) is 48.4 Å². The number of rotatable bonds is 3. The van der Waals surface area contributed by atoms with Gasteiger partial charge in [0.05, 0.1) is 10.7 Å². The Morgan fingerprint density at radius 1 is 1.09 bits per heavy atom. The Labute approximate surface area is 187 Å². The number of hydrogen-bond acceptors (Lipinski definition) is 6. The van der Waals surface area contributed by atoms with E-state index < -0.39 is 0 Å². The summed E-state index contributed by atoms with van der Waals surface area (Å²) in [7, 11) is 0. The molecule has 0 spiro atoms. The summed E-state index contributed by atoms with van der Waals surface area (Å²) in [6, 6.07) is 13.4. The summed E-state index contributed by atoms with van der Waals surface area (Å²) in [6.45, 7) is 1.85. The molecular weight excluding hydrogens is 426 g/mol. The smallest absolute Gasteiger partial charge is 0.270 e. The second kappa shape index (κ2) is 7.44. The SMILES string of the molecule is O=c1c2cnc(Nc3ccc4c(c3)CNCC4)nc2n2ccnc2n1-c1ccccc1Cl. The molecule has 2 aromatic carbocycles. The fourth-order valence-corrected chi connectivity index (χ4v) is 4.36. The van der Waals surface area contributed by atoms with E-state index >= 15 is 0 Å². The van der Waals surface area contributed by atoms with Crippen LogP contribution in [0.25, 0.3) is 22.5 Å². The number of aromatic nitrogens is 5. The second-order valence-corrected chi connectivity index (χ2v) is 8.06. The van der Waals surface area contributed by atoms with Gasteiger partial charge in [0.2, 0.25) is 11.7 Å². The molecule has 1 aliphatic rings. The van der Waals surface area contributed by atoms with E-state index in [0.29, 0.717) is 33.5 Å². The largest absolute Gasteiger partial charge is 0.324 e. The van der Waals surface area contributed by atoms with Crippen molar-refractivity contribution in [1.29, 1.82) is 0 Å². The van der Waals surface area contributed by atoms with Gasteiger partial charge in [-0.3, -0.25) is 9.20 Å². The van der Waals surface area contributed by atoms with Gasteiger partial charge in [0.25, 0.3) is 5.56 Å². The van der Waals surface area contributed by atoms with Crippen LogP contribution in [0.3, 0.4) is 0 Å². The Morgan fingerprint density at radius 2 is 2.00 bits per heavy atom. The molecule has 1 aliphatic heterocycles. The van der Waals surface area contributed by atoms with Crippen molar-refractivity contribution in [2.24, 2.45) is 0 Å². The van der Waals surface area contributed by atoms with E-state index in [9.17, 15) is 4.79 Å². The highest BCUT2D eigenvalue weighted by molar-refractivity contribution is 6.32. The number of imidazole rings is 1. The fourth-order valence-electron chi connectivity index (χ4n) is 4.14. The number of anilines is 2. The third kappa shape index (κ3) is 3.04. The first kappa shape index (κ1) is 19.0. The minimum Gasteiger partial charge on any atom is -0.324 e. The van der Waals surface area contributed by atoms with E-state index in [0.717, 1.165) is 25.2 Å². The molecular formula is C23H18ClN7O. The Kier molecular flexibility index (Phi) is 4.41. The van der Waals surface area contributed by atoms with Crippen molar-refractivity contribution in [1.82, 2.24) is 29.2 Å². The number of nitrogens with one attached hydrogen (secondary N) is 2. The highest BCUT2D eigenvalue weighted by Gasteiger charge is 2.17. The van der Waals surface area contributed by atoms with Gasteiger partial charge in [0.15, 0.2) is 5.65 Å². The Morgan fingerprint density at radius 3 is 2.91 bits per heavy atom. The van der Waals surface area contributed by atoms with E-state index in [2.05, 4.69) is 37.7 Å². The van der Waals surface area contributed by atoms with Gasteiger partial charge in [-0.1, -0.05) is 29.8 Å². The standard InChI is InChI=1S/C23H18ClN7O/c24-18-3-1-2-4-19(18)31-21(32)17-13-27-22(29-20(17)30-10-9-26-23(30)31)28-16-6-5-14-7-8-25-12-15(14)11-16/h1-6,9-11,13,25H,7-8,12H2,(H,27,28,29). The van der Waals surface area contributed by atoms with Gasteiger partial charge >= 0.3 is 0 Å². The van der Waals surface area contributed by atoms with Crippen molar-refractivity contribution in [2.45, 2.75) is 13.0 Å². The predicted molar refractivity (Wildman–Crippen MR) is 124 cm³/mol. The van der Waals surface area contributed by atoms with Crippen molar-refractivity contribution < 1.29 is 0 Å². The molecule has 158 valence electrons. The molecule has 0 amide bonds. The Bertz CT molecular complexity index is 1560. The number of fused-ring (bicyclic) bond motifs is 4. The van der Waals surface area contributed by atoms with Crippen molar-refractivity contribution in [3.05, 3.63) is 87.6 Å². The highest BCUT2D eigenvalue weighted by Crippen LogP contribution is 2.24. The lowest BCUT2D eigenvalue weighted by atomic mass is 10.0. The van der Waals surface area contributed by atoms with E-state index in [1.807, 2.05) is 18.2 Å². The quantitative estimate of drug-likeness (QED) is 0.444. The second-order valence-electron chi connectivity index (χ2n) is 7.66. The molecule has 3 aromatic heterocycles. The first-order chi connectivity index (χ1) is 15.7. The maximum atomic E-state index is 13.4. The molecule has 0 unspecified atom stereocenters. The van der Waals surface area contributed by atoms with Crippen LogP contribution in [0.15, 0.2) is 65.8 Å². The van der Waals surface area contributed by atoms with Crippen LogP contribution < -0.4 is 16.2 Å². The van der Waals surface area contributed by atoms with Crippen LogP contribution in [0, 0.1) is 0 Å². The minimum absolute atomic E-state index is 0.279. The molecule has 0 saturated carbocycles. The summed E-state index contributed by atoms with van der Waals surface area (Å²) in [5.74, 6) is 0.839. The zero-order chi connectivity index (χ0) is 21.7. The number of hydrogen-bond donors (Lipinski definition) is 2. The van der Waals surface area contributed by atoms with Gasteiger partial charge in [-0.2, -0.15) is 4.98 Å². The molecule has 32 heavy (non-hydrogen) atoms. The molecule has 6 rings (SSSR count). The Hall–Kier alpha value is -3.75. The van der Waals surface area contributed by atoms with Gasteiger partial charge in [0, 0.05) is 30.8 Å². The van der Waals surface area contributed by atoms with Crippen LogP contribution in [-0.4, -0.2) is 30.5 Å². The summed E-state index contributed by atoms with van der Waals surface area (Å²) < 4.78 is 3.25. The molecule has 0 radical (unpaired) electrons. The number of para-hydroxylation sites is 1. The molecule has 0 bridgehead atoms. The zero-order valence-electron chi connectivity index (χ0n) is 16.9. The van der Waals surface area contributed by atoms with E-state index in [-0.39, 0.29) is 5.56 Å². The average Bonchev–Trinajstić information content (AvgIpc) is 3.30. The molecule has 2 N–H and O–H groups in total. The maximum absolute atomic E-state index is 13.4. The minimum atomic E-state index is -0.279. The van der Waals surface area contributed by atoms with Crippen LogP contribution in [-0.2, 0) is 13.0 Å². The van der Waals surface area contributed by atoms with Gasteiger partial charge < -0.3 is 10.6 Å². The lowest BCUT2D eigenvalue weighted by Crippen LogP contribution is -2.23. The highest BCUT2D eigenvalue weighted by atomic mass is 35.5. The van der Waals surface area contributed by atoms with Crippen LogP contribution >= 0.6 is 11.6 Å². The molecule has 0 atom stereocenters. The first-order valence-electron chi connectivity index (χ1n) is 10.3. The molecule has 4 heterocycles. The first-order valence-corrected chi connectivity index (χ1v) is 10.7. The summed E-state index contributed by atoms with van der Waals surface area (Å²) in [6.07, 6.45) is 5.97. The topological polar surface area (TPSA) is 89.1 Å². The van der Waals surface area contributed by atoms with Crippen molar-refractivity contribution >= 4 is 40.0 Å². The molecule has 9 heteroatoms. The lowest BCUT2D eigenvalue weighted by Gasteiger charge is -2.18. The lowest BCUT2D eigenvalue weighted by molar-refractivity contribution is 0.644. The summed E-state index contributed by atoms with van der Waals surface area (Å²) in [4.78, 5) is 26.8. The van der Waals surface area contributed by atoms with E-state index in [4.69, 9.17) is 11.6 Å². The third-order valence-electron chi connectivity index (χ3n) is 5.69. The zero-order valence-corrected chi connectivity index (χ0v) is 17.7. The molecule has 0 aliphatic carbocycles. The summed E-state index contributed by atoms with van der Waals surface area (Å²) >= 11 is 6.37. The third-order valence-corrected chi connectivity index (χ3v) is 6.01. The van der Waals surface area contributed by atoms with E-state index in [1.54, 1.807) is 35.1 Å². The number of halogens is 1. The number of benzene rings is 2. The van der Waals surface area contributed by atoms with Crippen molar-refractivity contribution in [2.75, 3.05) is 11.9 Å². The Balaban J connectivity index is 1.48. The molecule has 8 nitrogen and oxygen atoms in total. The van der Waals surface area contributed by atoms with E-state index in [1.165, 1.54) is 15.7 Å². The van der Waals surface area contributed by atoms with Crippen molar-refractivity contribution in [3.63, 3.8) is 0 Å². The molecule has 0 fully saturated rings. The van der Waals surface area contributed by atoms with Crippen LogP contribution in [0.1, 0.15) is 11.1 Å². The van der Waals surface area contributed by atoms with Crippen LogP contribution in [0.2, 0.25) is 5.02 Å². The molecule has 5 aromatic rings. The van der Waals surface area contributed by atoms with Gasteiger partial charge in [-0.15, -0.1) is 0 Å². The monoisotopic (exact) mass is 443 g/mol. The van der Waals surface area contributed by atoms with Gasteiger partial charge in [0.1, 0.15) is 5.39 Å². The van der Waals surface area contributed by atoms with Gasteiger partial charge in [-0.25, -0.2) is 14.5 Å².